The van der Waals surface area contributed by atoms with Crippen LogP contribution in [-0.2, 0) is 14.8 Å². The monoisotopic (exact) mass is 591 g/mol. The van der Waals surface area contributed by atoms with E-state index < -0.39 is 21.7 Å². The molecule has 1 saturated heterocycles. The molecule has 12 heteroatoms. The fourth-order valence-electron chi connectivity index (χ4n) is 5.03. The minimum atomic E-state index is -4.03. The molecule has 3 heterocycles. The fraction of sp³-hybridized carbons (Fsp3) is 0.357. The predicted molar refractivity (Wildman–Crippen MR) is 147 cm³/mol. The number of aromatic nitrogens is 1. The molecule has 0 radical (unpaired) electrons. The Morgan fingerprint density at radius 1 is 1.15 bits per heavy atom. The van der Waals surface area contributed by atoms with Crippen molar-refractivity contribution in [2.45, 2.75) is 44.1 Å². The lowest BCUT2D eigenvalue weighted by atomic mass is 9.95. The maximum atomic E-state index is 14.1. The van der Waals surface area contributed by atoms with Gasteiger partial charge < -0.3 is 14.2 Å². The topological polar surface area (TPSA) is 93.0 Å². The highest BCUT2D eigenvalue weighted by molar-refractivity contribution is 7.89. The minimum absolute atomic E-state index is 0.0631. The smallest absolute Gasteiger partial charge is 0.248 e. The van der Waals surface area contributed by atoms with Crippen molar-refractivity contribution in [3.63, 3.8) is 0 Å². The Bertz CT molecular complexity index is 1570. The molecule has 0 bridgehead atoms. The molecule has 2 aliphatic rings. The minimum Gasteiger partial charge on any atom is -0.486 e. The van der Waals surface area contributed by atoms with Crippen LogP contribution in [0.2, 0.25) is 5.02 Å². The number of benzene rings is 2. The first-order valence-corrected chi connectivity index (χ1v) is 14.8. The summed E-state index contributed by atoms with van der Waals surface area (Å²) in [5, 5.41) is 4.30. The summed E-state index contributed by atoms with van der Waals surface area (Å²) in [6.07, 6.45) is 3.84. The molecular formula is C28H28ClF2N3O5S. The lowest BCUT2D eigenvalue weighted by molar-refractivity contribution is -0.124. The number of carbonyl (C=O) groups is 1. The van der Waals surface area contributed by atoms with Crippen LogP contribution >= 0.6 is 11.6 Å². The molecule has 0 spiro atoms. The van der Waals surface area contributed by atoms with E-state index in [2.05, 4.69) is 5.16 Å². The number of sulfonamides is 1. The van der Waals surface area contributed by atoms with Crippen molar-refractivity contribution in [2.75, 3.05) is 24.5 Å². The highest BCUT2D eigenvalue weighted by Gasteiger charge is 2.39. The summed E-state index contributed by atoms with van der Waals surface area (Å²) < 4.78 is 67.1. The van der Waals surface area contributed by atoms with E-state index in [0.29, 0.717) is 35.8 Å². The Morgan fingerprint density at radius 3 is 2.60 bits per heavy atom. The van der Waals surface area contributed by atoms with E-state index in [-0.39, 0.29) is 52.9 Å². The largest absolute Gasteiger partial charge is 0.486 e. The Kier molecular flexibility index (Phi) is 7.98. The number of piperidine rings is 1. The molecule has 2 aliphatic heterocycles. The van der Waals surface area contributed by atoms with Gasteiger partial charge in [-0.05, 0) is 68.7 Å². The number of hydrogen-bond acceptors (Lipinski definition) is 6. The summed E-state index contributed by atoms with van der Waals surface area (Å²) in [4.78, 5) is 15.2. The molecule has 1 amide bonds. The molecule has 1 aromatic heterocycles. The van der Waals surface area contributed by atoms with E-state index in [4.69, 9.17) is 20.9 Å². The summed E-state index contributed by atoms with van der Waals surface area (Å²) in [5.74, 6) is -1.44. The first kappa shape index (κ1) is 28.3. The third-order valence-corrected chi connectivity index (χ3v) is 9.52. The zero-order chi connectivity index (χ0) is 28.6. The summed E-state index contributed by atoms with van der Waals surface area (Å²) in [5.41, 5.74) is 0.839. The number of anilines is 1. The van der Waals surface area contributed by atoms with Crippen LogP contribution in [0.15, 0.2) is 45.8 Å². The van der Waals surface area contributed by atoms with E-state index >= 15 is 0 Å². The molecule has 3 aromatic rings. The molecule has 8 nitrogen and oxygen atoms in total. The third-order valence-electron chi connectivity index (χ3n) is 7.22. The molecule has 40 heavy (non-hydrogen) atoms. The van der Waals surface area contributed by atoms with E-state index in [1.807, 2.05) is 6.92 Å². The van der Waals surface area contributed by atoms with Crippen LogP contribution in [-0.4, -0.2) is 49.5 Å². The summed E-state index contributed by atoms with van der Waals surface area (Å²) in [7, 11) is -4.03. The molecule has 2 aromatic carbocycles. The molecule has 0 unspecified atom stereocenters. The van der Waals surface area contributed by atoms with Crippen LogP contribution in [0.4, 0.5) is 14.5 Å². The molecule has 1 fully saturated rings. The van der Waals surface area contributed by atoms with Crippen molar-refractivity contribution < 1.29 is 31.3 Å². The van der Waals surface area contributed by atoms with Gasteiger partial charge in [-0.3, -0.25) is 4.79 Å². The number of amides is 1. The second kappa shape index (κ2) is 11.3. The standard InChI is InChI=1S/C28H28ClF2N3O5S/c1-3-22-16-34(24-14-20(29)6-9-25(24)38-22)28(35)19-10-12-33(13-11-19)40(36,37)27-17(2)32-39-26(27)8-5-18-4-7-21(30)15-23(18)31/h4-9,14-15,19,22H,3,10-13,16H2,1-2H3/b8-5+/t22-/m1/s1. The normalized spacial score (nSPS) is 18.6. The zero-order valence-electron chi connectivity index (χ0n) is 21.9. The van der Waals surface area contributed by atoms with Crippen LogP contribution < -0.4 is 9.64 Å². The number of carbonyl (C=O) groups excluding carboxylic acids is 1. The lowest BCUT2D eigenvalue weighted by Gasteiger charge is -2.38. The first-order chi connectivity index (χ1) is 19.1. The Balaban J connectivity index is 1.32. The summed E-state index contributed by atoms with van der Waals surface area (Å²) in [6, 6.07) is 8.26. The van der Waals surface area contributed by atoms with Gasteiger partial charge in [0.25, 0.3) is 0 Å². The lowest BCUT2D eigenvalue weighted by Crippen LogP contribution is -2.48. The second-order valence-corrected chi connectivity index (χ2v) is 12.2. The molecule has 0 saturated carbocycles. The average Bonchev–Trinajstić information content (AvgIpc) is 3.32. The molecule has 5 rings (SSSR count). The van der Waals surface area contributed by atoms with Crippen LogP contribution in [0.3, 0.4) is 0 Å². The Hall–Kier alpha value is -3.28. The van der Waals surface area contributed by atoms with Crippen LogP contribution in [0, 0.1) is 24.5 Å². The van der Waals surface area contributed by atoms with Crippen molar-refractivity contribution in [1.29, 1.82) is 0 Å². The van der Waals surface area contributed by atoms with Gasteiger partial charge in [0.2, 0.25) is 15.9 Å². The van der Waals surface area contributed by atoms with Gasteiger partial charge in [0.05, 0.1) is 12.2 Å². The highest BCUT2D eigenvalue weighted by atomic mass is 35.5. The molecule has 212 valence electrons. The highest BCUT2D eigenvalue weighted by Crippen LogP contribution is 2.38. The maximum Gasteiger partial charge on any atom is 0.248 e. The number of halogens is 3. The van der Waals surface area contributed by atoms with Crippen LogP contribution in [0.25, 0.3) is 12.2 Å². The Labute approximate surface area is 236 Å². The molecule has 1 atom stereocenters. The van der Waals surface area contributed by atoms with Gasteiger partial charge in [-0.1, -0.05) is 23.7 Å². The number of hydrogen-bond donors (Lipinski definition) is 0. The van der Waals surface area contributed by atoms with E-state index in [0.717, 1.165) is 18.6 Å². The van der Waals surface area contributed by atoms with Crippen LogP contribution in [0.1, 0.15) is 43.2 Å². The fourth-order valence-corrected chi connectivity index (χ4v) is 6.92. The van der Waals surface area contributed by atoms with Gasteiger partial charge in [0.15, 0.2) is 10.7 Å². The Morgan fingerprint density at radius 2 is 1.90 bits per heavy atom. The third kappa shape index (κ3) is 5.50. The average molecular weight is 592 g/mol. The number of nitrogens with zero attached hydrogens (tertiary/aromatic N) is 3. The van der Waals surface area contributed by atoms with E-state index in [1.165, 1.54) is 29.4 Å². The molecule has 0 N–H and O–H groups in total. The van der Waals surface area contributed by atoms with Gasteiger partial charge in [-0.15, -0.1) is 0 Å². The van der Waals surface area contributed by atoms with Crippen molar-refractivity contribution in [3.05, 3.63) is 70.1 Å². The predicted octanol–water partition coefficient (Wildman–Crippen LogP) is 5.69. The van der Waals surface area contributed by atoms with Gasteiger partial charge in [-0.2, -0.15) is 4.31 Å². The van der Waals surface area contributed by atoms with Gasteiger partial charge in [0.1, 0.15) is 29.2 Å². The SMILES string of the molecule is CC[C@@H]1CN(C(=O)C2CCN(S(=O)(=O)c3c(C)noc3/C=C/c3ccc(F)cc3F)CC2)c2cc(Cl)ccc2O1. The van der Waals surface area contributed by atoms with Crippen molar-refractivity contribution in [2.24, 2.45) is 5.92 Å². The number of fused-ring (bicyclic) bond motifs is 1. The van der Waals surface area contributed by atoms with Crippen molar-refractivity contribution in [3.8, 4) is 5.75 Å². The van der Waals surface area contributed by atoms with E-state index in [9.17, 15) is 22.0 Å². The molecule has 0 aliphatic carbocycles. The van der Waals surface area contributed by atoms with Crippen molar-refractivity contribution >= 4 is 45.4 Å². The van der Waals surface area contributed by atoms with E-state index in [1.54, 1.807) is 23.1 Å². The number of aryl methyl sites for hydroxylation is 1. The quantitative estimate of drug-likeness (QED) is 0.366. The number of rotatable bonds is 6. The number of ether oxygens (including phenoxy) is 1. The van der Waals surface area contributed by atoms with Gasteiger partial charge >= 0.3 is 0 Å². The van der Waals surface area contributed by atoms with Crippen LogP contribution in [0.5, 0.6) is 5.75 Å². The summed E-state index contributed by atoms with van der Waals surface area (Å²) >= 11 is 6.20. The summed E-state index contributed by atoms with van der Waals surface area (Å²) in [6.45, 7) is 4.15. The molecular weight excluding hydrogens is 564 g/mol. The van der Waals surface area contributed by atoms with Gasteiger partial charge in [-0.25, -0.2) is 17.2 Å². The van der Waals surface area contributed by atoms with Crippen molar-refractivity contribution in [1.82, 2.24) is 9.46 Å². The second-order valence-electron chi connectivity index (χ2n) is 9.85. The maximum absolute atomic E-state index is 14.1. The first-order valence-electron chi connectivity index (χ1n) is 13.0. The van der Waals surface area contributed by atoms with Gasteiger partial charge in [0, 0.05) is 35.7 Å². The zero-order valence-corrected chi connectivity index (χ0v) is 23.5.